The molecule has 2 N–H and O–H groups in total. The zero-order valence-electron chi connectivity index (χ0n) is 20.6. The maximum absolute atomic E-state index is 12.6. The second-order valence-corrected chi connectivity index (χ2v) is 10.6. The van der Waals surface area contributed by atoms with Gasteiger partial charge in [0.2, 0.25) is 5.91 Å². The van der Waals surface area contributed by atoms with Crippen molar-refractivity contribution in [1.29, 1.82) is 0 Å². The minimum atomic E-state index is -0.122. The maximum Gasteiger partial charge on any atom is 0.321 e. The third-order valence-corrected chi connectivity index (χ3v) is 7.60. The van der Waals surface area contributed by atoms with Crippen molar-refractivity contribution in [3.05, 3.63) is 68.1 Å². The van der Waals surface area contributed by atoms with Gasteiger partial charge in [0.15, 0.2) is 0 Å². The van der Waals surface area contributed by atoms with Gasteiger partial charge in [0, 0.05) is 37.9 Å². The zero-order valence-corrected chi connectivity index (χ0v) is 23.6. The molecular weight excluding hydrogens is 554 g/mol. The summed E-state index contributed by atoms with van der Waals surface area (Å²) in [5, 5.41) is 7.65. The summed E-state index contributed by atoms with van der Waals surface area (Å²) in [6.07, 6.45) is 8.37. The lowest BCUT2D eigenvalue weighted by molar-refractivity contribution is -0.116. The highest BCUT2D eigenvalue weighted by Crippen LogP contribution is 2.25. The standard InChI is InChI=1S/C27H32Cl4N4O2/c28-22-9-6-20(18-24(22)30)7-11-26(36)32-12-3-1-2-4-13-34-14-5-15-35(17-16-34)27(37)33-21-8-10-23(29)25(31)19-21/h6-11,18-19H,1-5,12-17H2,(H,32,36)(H,33,37)/b11-7+. The average Bonchev–Trinajstić information content (AvgIpc) is 3.12. The summed E-state index contributed by atoms with van der Waals surface area (Å²) in [7, 11) is 0. The van der Waals surface area contributed by atoms with Crippen molar-refractivity contribution in [1.82, 2.24) is 15.1 Å². The first kappa shape index (κ1) is 29.6. The molecule has 0 atom stereocenters. The van der Waals surface area contributed by atoms with Crippen molar-refractivity contribution in [3.8, 4) is 0 Å². The van der Waals surface area contributed by atoms with Crippen molar-refractivity contribution in [2.75, 3.05) is 44.6 Å². The molecule has 1 aliphatic rings. The second kappa shape index (κ2) is 15.5. The van der Waals surface area contributed by atoms with Crippen molar-refractivity contribution >= 4 is 70.1 Å². The van der Waals surface area contributed by atoms with Gasteiger partial charge in [-0.1, -0.05) is 65.3 Å². The summed E-state index contributed by atoms with van der Waals surface area (Å²) in [6, 6.07) is 10.2. The number of anilines is 1. The van der Waals surface area contributed by atoms with Gasteiger partial charge in [0.05, 0.1) is 20.1 Å². The number of hydrogen-bond donors (Lipinski definition) is 2. The third kappa shape index (κ3) is 10.4. The highest BCUT2D eigenvalue weighted by molar-refractivity contribution is 6.42. The van der Waals surface area contributed by atoms with E-state index in [1.807, 2.05) is 11.0 Å². The highest BCUT2D eigenvalue weighted by atomic mass is 35.5. The van der Waals surface area contributed by atoms with Gasteiger partial charge in [-0.05, 0) is 74.3 Å². The molecule has 6 nitrogen and oxygen atoms in total. The fraction of sp³-hybridized carbons (Fsp3) is 0.407. The number of carbonyl (C=O) groups is 2. The van der Waals surface area contributed by atoms with Gasteiger partial charge >= 0.3 is 6.03 Å². The molecule has 1 aliphatic heterocycles. The zero-order chi connectivity index (χ0) is 26.6. The third-order valence-electron chi connectivity index (χ3n) is 6.12. The van der Waals surface area contributed by atoms with Gasteiger partial charge in [0.1, 0.15) is 0 Å². The van der Waals surface area contributed by atoms with Crippen LogP contribution in [0.3, 0.4) is 0 Å². The van der Waals surface area contributed by atoms with E-state index >= 15 is 0 Å². The van der Waals surface area contributed by atoms with Crippen LogP contribution in [0.25, 0.3) is 6.08 Å². The van der Waals surface area contributed by atoms with Crippen LogP contribution in [0.15, 0.2) is 42.5 Å². The first-order chi connectivity index (χ1) is 17.8. The molecule has 37 heavy (non-hydrogen) atoms. The number of nitrogens with one attached hydrogen (secondary N) is 2. The number of rotatable bonds is 10. The quantitative estimate of drug-likeness (QED) is 0.228. The topological polar surface area (TPSA) is 64.7 Å². The Kier molecular flexibility index (Phi) is 12.4. The molecule has 0 aromatic heterocycles. The molecule has 0 unspecified atom stereocenters. The Balaban J connectivity index is 1.25. The number of halogens is 4. The highest BCUT2D eigenvalue weighted by Gasteiger charge is 2.19. The van der Waals surface area contributed by atoms with E-state index in [9.17, 15) is 9.59 Å². The molecular formula is C27H32Cl4N4O2. The largest absolute Gasteiger partial charge is 0.353 e. The number of hydrogen-bond acceptors (Lipinski definition) is 3. The Labute approximate surface area is 238 Å². The SMILES string of the molecule is O=C(/C=C/c1ccc(Cl)c(Cl)c1)NCCCCCCN1CCCN(C(=O)Nc2ccc(Cl)c(Cl)c2)CC1. The number of benzene rings is 2. The summed E-state index contributed by atoms with van der Waals surface area (Å²) in [4.78, 5) is 28.9. The fourth-order valence-corrected chi connectivity index (χ4v) is 4.65. The number of nitrogens with zero attached hydrogens (tertiary/aromatic N) is 2. The molecule has 3 rings (SSSR count). The van der Waals surface area contributed by atoms with Gasteiger partial charge in [-0.3, -0.25) is 4.79 Å². The number of unbranched alkanes of at least 4 members (excludes halogenated alkanes) is 3. The van der Waals surface area contributed by atoms with E-state index in [-0.39, 0.29) is 11.9 Å². The molecule has 1 heterocycles. The van der Waals surface area contributed by atoms with Crippen LogP contribution in [0.1, 0.15) is 37.7 Å². The van der Waals surface area contributed by atoms with Crippen LogP contribution in [0.2, 0.25) is 20.1 Å². The monoisotopic (exact) mass is 584 g/mol. The number of amides is 3. The molecule has 2 aromatic carbocycles. The lowest BCUT2D eigenvalue weighted by atomic mass is 10.2. The van der Waals surface area contributed by atoms with Gasteiger partial charge in [0.25, 0.3) is 0 Å². The summed E-state index contributed by atoms with van der Waals surface area (Å²) < 4.78 is 0. The Morgan fingerprint density at radius 1 is 0.811 bits per heavy atom. The van der Waals surface area contributed by atoms with Crippen LogP contribution in [0.5, 0.6) is 0 Å². The van der Waals surface area contributed by atoms with E-state index in [0.29, 0.717) is 38.9 Å². The fourth-order valence-electron chi connectivity index (χ4n) is 4.05. The molecule has 1 fully saturated rings. The Morgan fingerprint density at radius 2 is 1.54 bits per heavy atom. The van der Waals surface area contributed by atoms with Crippen LogP contribution in [-0.2, 0) is 4.79 Å². The van der Waals surface area contributed by atoms with Crippen molar-refractivity contribution in [3.63, 3.8) is 0 Å². The Hall–Kier alpha value is -1.96. The maximum atomic E-state index is 12.6. The molecule has 3 amide bonds. The predicted octanol–water partition coefficient (Wildman–Crippen LogP) is 7.23. The molecule has 2 aromatic rings. The van der Waals surface area contributed by atoms with Crippen LogP contribution < -0.4 is 10.6 Å². The van der Waals surface area contributed by atoms with Gasteiger partial charge in [-0.25, -0.2) is 4.79 Å². The summed E-state index contributed by atoms with van der Waals surface area (Å²) >= 11 is 23.9. The molecule has 200 valence electrons. The molecule has 0 aliphatic carbocycles. The molecule has 0 spiro atoms. The molecule has 0 saturated carbocycles. The predicted molar refractivity (Wildman–Crippen MR) is 155 cm³/mol. The minimum absolute atomic E-state index is 0.117. The van der Waals surface area contributed by atoms with E-state index in [4.69, 9.17) is 46.4 Å². The molecule has 10 heteroatoms. The van der Waals surface area contributed by atoms with E-state index in [1.54, 1.807) is 36.4 Å². The van der Waals surface area contributed by atoms with Crippen LogP contribution in [0, 0.1) is 0 Å². The van der Waals surface area contributed by atoms with E-state index in [1.165, 1.54) is 6.08 Å². The lowest BCUT2D eigenvalue weighted by Gasteiger charge is -2.22. The van der Waals surface area contributed by atoms with Crippen LogP contribution in [0.4, 0.5) is 10.5 Å². The second-order valence-electron chi connectivity index (χ2n) is 8.95. The van der Waals surface area contributed by atoms with Crippen LogP contribution in [-0.4, -0.2) is 61.0 Å². The Bertz CT molecular complexity index is 1100. The lowest BCUT2D eigenvalue weighted by Crippen LogP contribution is -2.38. The normalized spacial score (nSPS) is 14.5. The van der Waals surface area contributed by atoms with Gasteiger partial charge in [-0.15, -0.1) is 0 Å². The summed E-state index contributed by atoms with van der Waals surface area (Å²) in [5.41, 5.74) is 1.47. The van der Waals surface area contributed by atoms with Crippen LogP contribution >= 0.6 is 46.4 Å². The van der Waals surface area contributed by atoms with Crippen molar-refractivity contribution in [2.24, 2.45) is 0 Å². The number of carbonyl (C=O) groups excluding carboxylic acids is 2. The first-order valence-electron chi connectivity index (χ1n) is 12.5. The summed E-state index contributed by atoms with van der Waals surface area (Å²) in [6.45, 7) is 4.92. The minimum Gasteiger partial charge on any atom is -0.353 e. The van der Waals surface area contributed by atoms with E-state index in [2.05, 4.69) is 15.5 Å². The van der Waals surface area contributed by atoms with E-state index in [0.717, 1.165) is 63.8 Å². The van der Waals surface area contributed by atoms with Crippen molar-refractivity contribution < 1.29 is 9.59 Å². The van der Waals surface area contributed by atoms with Gasteiger partial charge < -0.3 is 20.4 Å². The van der Waals surface area contributed by atoms with E-state index < -0.39 is 0 Å². The number of urea groups is 1. The Morgan fingerprint density at radius 3 is 2.30 bits per heavy atom. The summed E-state index contributed by atoms with van der Waals surface area (Å²) in [5.74, 6) is -0.122. The molecule has 0 radical (unpaired) electrons. The molecule has 0 bridgehead atoms. The smallest absolute Gasteiger partial charge is 0.321 e. The average molecular weight is 586 g/mol. The molecule has 1 saturated heterocycles. The van der Waals surface area contributed by atoms with Crippen molar-refractivity contribution in [2.45, 2.75) is 32.1 Å². The first-order valence-corrected chi connectivity index (χ1v) is 14.0. The van der Waals surface area contributed by atoms with Gasteiger partial charge in [-0.2, -0.15) is 0 Å².